The second kappa shape index (κ2) is 16.9. The van der Waals surface area contributed by atoms with Crippen LogP contribution in [0.2, 0.25) is 0 Å². The number of carbonyl (C=O) groups is 4. The van der Waals surface area contributed by atoms with Gasteiger partial charge in [-0.3, -0.25) is 34.3 Å². The first kappa shape index (κ1) is 42.6. The number of β-lactam (4-membered cyclic amide) rings is 1. The molecule has 6 aliphatic heterocycles. The minimum atomic E-state index is -1.17. The number of rotatable bonds is 9. The van der Waals surface area contributed by atoms with Gasteiger partial charge in [0.25, 0.3) is 5.91 Å². The summed E-state index contributed by atoms with van der Waals surface area (Å²) in [6.45, 7) is 8.71. The fraction of sp³-hybridized carbons (Fsp3) is 0.542. The Morgan fingerprint density at radius 2 is 1.52 bits per heavy atom. The van der Waals surface area contributed by atoms with Crippen molar-refractivity contribution < 1.29 is 42.2 Å². The monoisotopic (exact) mass is 883 g/mol. The number of phenols is 1. The van der Waals surface area contributed by atoms with Crippen molar-refractivity contribution in [3.05, 3.63) is 76.6 Å². The molecule has 2 N–H and O–H groups in total. The molecule has 7 aliphatic rings. The number of imide groups is 1. The lowest BCUT2D eigenvalue weighted by Crippen LogP contribution is -2.62. The highest BCUT2D eigenvalue weighted by molar-refractivity contribution is 6.08. The van der Waals surface area contributed by atoms with Crippen LogP contribution in [0.5, 0.6) is 11.5 Å². The highest BCUT2D eigenvalue weighted by Gasteiger charge is 2.63. The fourth-order valence-electron chi connectivity index (χ4n) is 12.0. The Morgan fingerprint density at radius 1 is 0.797 bits per heavy atom. The number of methoxy groups -OCH3 is 1. The van der Waals surface area contributed by atoms with Gasteiger partial charge < -0.3 is 29.4 Å². The van der Waals surface area contributed by atoms with Crippen molar-refractivity contribution in [3.63, 3.8) is 0 Å². The molecule has 64 heavy (non-hydrogen) atoms. The van der Waals surface area contributed by atoms with Gasteiger partial charge in [0.15, 0.2) is 11.6 Å². The van der Waals surface area contributed by atoms with Crippen molar-refractivity contribution in [1.29, 1.82) is 0 Å². The molecule has 13 nitrogen and oxygen atoms in total. The van der Waals surface area contributed by atoms with Crippen LogP contribution in [-0.4, -0.2) is 122 Å². The molecular weight excluding hydrogens is 828 g/mol. The first-order valence-corrected chi connectivity index (χ1v) is 23.1. The van der Waals surface area contributed by atoms with Gasteiger partial charge in [-0.05, 0) is 80.7 Å². The van der Waals surface area contributed by atoms with Crippen molar-refractivity contribution in [2.24, 2.45) is 11.3 Å². The summed E-state index contributed by atoms with van der Waals surface area (Å²) >= 11 is 0. The third-order valence-electron chi connectivity index (χ3n) is 15.5. The Balaban J connectivity index is 0.712. The Bertz CT molecular complexity index is 2350. The molecule has 1 spiro atoms. The molecule has 1 saturated carbocycles. The third-order valence-corrected chi connectivity index (χ3v) is 15.5. The van der Waals surface area contributed by atoms with E-state index in [2.05, 4.69) is 31.0 Å². The van der Waals surface area contributed by atoms with Crippen molar-refractivity contribution in [2.75, 3.05) is 80.7 Å². The molecule has 0 bridgehead atoms. The standard InChI is InChI=1S/C48H56F3N7O6/c1-64-41-26-39(36(50)25-35(41)44-48(12-2-3-13-48)47(63)58(44)40-24-31(49)23-37(51)43(40)60)56-16-10-32(11-17-56)55-20-18-53(19-21-55)27-29-8-14-54(15-9-29)33-4-5-34-30(22-33)28-57(46(34)62)38-6-7-42(59)52-45(38)61/h4-5,22-26,29,32,38,44,60H,2-3,6-21,27-28H2,1H3,(H,52,59,61)/t38-,44-/m0/s1. The summed E-state index contributed by atoms with van der Waals surface area (Å²) in [6, 6.07) is 9.66. The number of carbonyl (C=O) groups excluding carboxylic acids is 4. The molecule has 10 rings (SSSR count). The predicted octanol–water partition coefficient (Wildman–Crippen LogP) is 5.73. The number of halogens is 3. The van der Waals surface area contributed by atoms with Crippen LogP contribution in [0.3, 0.4) is 0 Å². The topological polar surface area (TPSA) is 129 Å². The zero-order valence-corrected chi connectivity index (χ0v) is 36.3. The molecule has 6 fully saturated rings. The van der Waals surface area contributed by atoms with E-state index in [0.717, 1.165) is 102 Å². The quantitative estimate of drug-likeness (QED) is 0.203. The SMILES string of the molecule is COc1cc(N2CCC(N3CCN(CC4CCN(c5ccc6c(c5)CN([C@H]5CCC(=O)NC5=O)C6=O)CC4)CC3)CC2)c(F)cc1[C@@H]1N(c2cc(F)cc(F)c2O)C(=O)C12CCCC2. The Morgan fingerprint density at radius 3 is 2.22 bits per heavy atom. The normalized spacial score (nSPS) is 24.8. The van der Waals surface area contributed by atoms with Crippen molar-refractivity contribution in [2.45, 2.75) is 88.9 Å². The lowest BCUT2D eigenvalue weighted by Gasteiger charge is -2.55. The van der Waals surface area contributed by atoms with Crippen molar-refractivity contribution in [1.82, 2.24) is 20.0 Å². The Kier molecular flexibility index (Phi) is 11.2. The van der Waals surface area contributed by atoms with Gasteiger partial charge in [0.1, 0.15) is 23.4 Å². The summed E-state index contributed by atoms with van der Waals surface area (Å²) in [6.07, 6.45) is 7.27. The van der Waals surface area contributed by atoms with Gasteiger partial charge in [-0.1, -0.05) is 12.8 Å². The predicted molar refractivity (Wildman–Crippen MR) is 233 cm³/mol. The molecule has 0 unspecified atom stereocenters. The van der Waals surface area contributed by atoms with Crippen LogP contribution in [0.4, 0.5) is 30.2 Å². The number of benzene rings is 3. The van der Waals surface area contributed by atoms with Crippen LogP contribution in [-0.2, 0) is 20.9 Å². The van der Waals surface area contributed by atoms with E-state index in [-0.39, 0.29) is 29.8 Å². The van der Waals surface area contributed by atoms with E-state index >= 15 is 4.39 Å². The number of fused-ring (bicyclic) bond motifs is 1. The van der Waals surface area contributed by atoms with Crippen LogP contribution in [0.25, 0.3) is 0 Å². The second-order valence-electron chi connectivity index (χ2n) is 19.0. The van der Waals surface area contributed by atoms with Crippen LogP contribution in [0.1, 0.15) is 91.7 Å². The van der Waals surface area contributed by atoms with E-state index in [1.165, 1.54) is 18.1 Å². The molecule has 0 aromatic heterocycles. The molecule has 5 saturated heterocycles. The first-order chi connectivity index (χ1) is 30.9. The van der Waals surface area contributed by atoms with Gasteiger partial charge in [0.2, 0.25) is 17.7 Å². The molecule has 6 heterocycles. The summed E-state index contributed by atoms with van der Waals surface area (Å²) in [7, 11) is 1.50. The van der Waals surface area contributed by atoms with Gasteiger partial charge in [-0.2, -0.15) is 0 Å². The molecule has 1 aliphatic carbocycles. The minimum absolute atomic E-state index is 0.150. The Hall–Kier alpha value is -5.35. The van der Waals surface area contributed by atoms with Crippen molar-refractivity contribution >= 4 is 40.7 Å². The molecule has 4 amide bonds. The second-order valence-corrected chi connectivity index (χ2v) is 19.0. The number of nitrogens with one attached hydrogen (secondary N) is 1. The van der Waals surface area contributed by atoms with Crippen LogP contribution in [0, 0.1) is 28.8 Å². The van der Waals surface area contributed by atoms with E-state index in [4.69, 9.17) is 4.74 Å². The average Bonchev–Trinajstić information content (AvgIpc) is 3.94. The number of phenolic OH excluding ortho intramolecular Hbond substituents is 1. The van der Waals surface area contributed by atoms with Gasteiger partial charge >= 0.3 is 0 Å². The number of aromatic hydroxyl groups is 1. The Labute approximate surface area is 371 Å². The number of ether oxygens (including phenoxy) is 1. The molecule has 3 aromatic rings. The lowest BCUT2D eigenvalue weighted by atomic mass is 9.66. The average molecular weight is 884 g/mol. The summed E-state index contributed by atoms with van der Waals surface area (Å²) in [5, 5.41) is 13.0. The maximum absolute atomic E-state index is 16.3. The smallest absolute Gasteiger partial charge is 0.255 e. The number of nitrogens with zero attached hydrogens (tertiary/aromatic N) is 6. The summed E-state index contributed by atoms with van der Waals surface area (Å²) in [4.78, 5) is 63.5. The highest BCUT2D eigenvalue weighted by Crippen LogP contribution is 2.63. The fourth-order valence-corrected chi connectivity index (χ4v) is 12.0. The van der Waals surface area contributed by atoms with Crippen molar-refractivity contribution in [3.8, 4) is 11.5 Å². The first-order valence-electron chi connectivity index (χ1n) is 23.1. The van der Waals surface area contributed by atoms with Gasteiger partial charge in [0.05, 0.1) is 29.9 Å². The van der Waals surface area contributed by atoms with E-state index in [9.17, 15) is 33.1 Å². The number of hydrogen-bond acceptors (Lipinski definition) is 10. The van der Waals surface area contributed by atoms with E-state index < -0.39 is 46.6 Å². The number of piperazine rings is 1. The van der Waals surface area contributed by atoms with Gasteiger partial charge in [-0.15, -0.1) is 0 Å². The number of anilines is 3. The zero-order chi connectivity index (χ0) is 44.4. The summed E-state index contributed by atoms with van der Waals surface area (Å²) in [5.74, 6) is -3.51. The molecule has 3 aromatic carbocycles. The van der Waals surface area contributed by atoms with E-state index in [0.29, 0.717) is 79.5 Å². The number of piperidine rings is 3. The third kappa shape index (κ3) is 7.43. The van der Waals surface area contributed by atoms with Crippen LogP contribution >= 0.6 is 0 Å². The zero-order valence-electron chi connectivity index (χ0n) is 36.3. The minimum Gasteiger partial charge on any atom is -0.503 e. The molecular formula is C48H56F3N7O6. The summed E-state index contributed by atoms with van der Waals surface area (Å²) in [5.41, 5.74) is 2.39. The van der Waals surface area contributed by atoms with E-state index in [1.54, 1.807) is 11.0 Å². The van der Waals surface area contributed by atoms with Crippen LogP contribution < -0.4 is 24.8 Å². The number of amides is 4. The van der Waals surface area contributed by atoms with Gasteiger partial charge in [0, 0.05) is 113 Å². The molecule has 340 valence electrons. The molecule has 0 radical (unpaired) electrons. The highest BCUT2D eigenvalue weighted by atomic mass is 19.1. The maximum Gasteiger partial charge on any atom is 0.255 e. The summed E-state index contributed by atoms with van der Waals surface area (Å²) < 4.78 is 51.1. The van der Waals surface area contributed by atoms with Gasteiger partial charge in [-0.25, -0.2) is 13.2 Å². The lowest BCUT2D eigenvalue weighted by molar-refractivity contribution is -0.140. The van der Waals surface area contributed by atoms with E-state index in [1.807, 2.05) is 12.1 Å². The largest absolute Gasteiger partial charge is 0.503 e. The number of hydrogen-bond donors (Lipinski definition) is 2. The van der Waals surface area contributed by atoms with Crippen LogP contribution in [0.15, 0.2) is 42.5 Å². The molecule has 2 atom stereocenters. The molecule has 16 heteroatoms. The maximum atomic E-state index is 16.3.